The predicted molar refractivity (Wildman–Crippen MR) is 107 cm³/mol. The smallest absolute Gasteiger partial charge is 0.425 e. The van der Waals surface area contributed by atoms with Crippen LogP contribution in [0.1, 0.15) is 18.9 Å². The number of aromatic nitrogens is 4. The van der Waals surface area contributed by atoms with Gasteiger partial charge in [0.15, 0.2) is 6.10 Å². The third-order valence-corrected chi connectivity index (χ3v) is 4.61. The Morgan fingerprint density at radius 1 is 1.00 bits per heavy atom. The van der Waals surface area contributed by atoms with Crippen LogP contribution in [0.25, 0.3) is 33.5 Å². The minimum atomic E-state index is -4.66. The molecule has 2 aromatic heterocycles. The molecule has 5 nitrogen and oxygen atoms in total. The number of imidazole rings is 1. The summed E-state index contributed by atoms with van der Waals surface area (Å²) in [5, 5.41) is 6.99. The monoisotopic (exact) mass is 458 g/mol. The molecule has 1 unspecified atom stereocenters. The van der Waals surface area contributed by atoms with Crippen LogP contribution in [0, 0.1) is 0 Å². The number of fused-ring (bicyclic) bond motifs is 1. The number of hydrogen-bond donors (Lipinski definition) is 2. The zero-order chi connectivity index (χ0) is 21.5. The molecule has 4 rings (SSSR count). The molecular formula is C20H16ClF5N4O. The largest absolute Gasteiger partial charge is 0.481 e. The zero-order valence-corrected chi connectivity index (χ0v) is 16.7. The molecule has 11 heteroatoms. The molecule has 31 heavy (non-hydrogen) atoms. The first kappa shape index (κ1) is 22.5. The molecule has 0 amide bonds. The Bertz CT molecular complexity index is 1190. The highest BCUT2D eigenvalue weighted by atomic mass is 35.5. The Balaban J connectivity index is 0.00000272. The fourth-order valence-electron chi connectivity index (χ4n) is 2.96. The molecule has 2 aromatic carbocycles. The van der Waals surface area contributed by atoms with Crippen molar-refractivity contribution < 1.29 is 26.7 Å². The van der Waals surface area contributed by atoms with Crippen molar-refractivity contribution in [2.24, 2.45) is 0 Å². The van der Waals surface area contributed by atoms with Crippen molar-refractivity contribution >= 4 is 23.4 Å². The van der Waals surface area contributed by atoms with Gasteiger partial charge in [-0.1, -0.05) is 6.07 Å². The van der Waals surface area contributed by atoms with E-state index in [-0.39, 0.29) is 12.4 Å². The molecular weight excluding hydrogens is 443 g/mol. The quantitative estimate of drug-likeness (QED) is 0.344. The normalized spacial score (nSPS) is 12.7. The number of halogens is 6. The highest BCUT2D eigenvalue weighted by Crippen LogP contribution is 2.36. The lowest BCUT2D eigenvalue weighted by Gasteiger charge is -2.20. The Morgan fingerprint density at radius 2 is 1.74 bits per heavy atom. The van der Waals surface area contributed by atoms with Crippen molar-refractivity contribution in [2.75, 3.05) is 0 Å². The van der Waals surface area contributed by atoms with E-state index in [0.29, 0.717) is 17.0 Å². The fraction of sp³-hybridized carbons (Fsp3) is 0.200. The number of nitrogens with zero attached hydrogens (tertiary/aromatic N) is 2. The molecule has 0 aliphatic heterocycles. The second-order valence-corrected chi connectivity index (χ2v) is 6.66. The lowest BCUT2D eigenvalue weighted by atomic mass is 10.1. The predicted octanol–water partition coefficient (Wildman–Crippen LogP) is 6.31. The molecule has 0 saturated heterocycles. The van der Waals surface area contributed by atoms with Gasteiger partial charge in [-0.25, -0.2) is 13.8 Å². The van der Waals surface area contributed by atoms with E-state index < -0.39 is 30.0 Å². The summed E-state index contributed by atoms with van der Waals surface area (Å²) in [6.07, 6.45) is -8.32. The van der Waals surface area contributed by atoms with Crippen molar-refractivity contribution in [1.82, 2.24) is 20.2 Å². The first-order valence-electron chi connectivity index (χ1n) is 8.87. The Kier molecular flexibility index (Phi) is 6.21. The van der Waals surface area contributed by atoms with Crippen LogP contribution in [0.5, 0.6) is 5.75 Å². The summed E-state index contributed by atoms with van der Waals surface area (Å²) in [4.78, 5) is 7.14. The molecule has 0 aliphatic rings. The van der Waals surface area contributed by atoms with Gasteiger partial charge >= 0.3 is 6.18 Å². The van der Waals surface area contributed by atoms with Gasteiger partial charge in [0.25, 0.3) is 6.43 Å². The summed E-state index contributed by atoms with van der Waals surface area (Å²) >= 11 is 0. The first-order chi connectivity index (χ1) is 14.2. The number of aromatic amines is 2. The van der Waals surface area contributed by atoms with Crippen LogP contribution in [-0.4, -0.2) is 32.4 Å². The van der Waals surface area contributed by atoms with Crippen molar-refractivity contribution in [3.63, 3.8) is 0 Å². The molecule has 1 atom stereocenters. The van der Waals surface area contributed by atoms with Crippen molar-refractivity contribution in [3.8, 4) is 28.3 Å². The van der Waals surface area contributed by atoms with Crippen LogP contribution in [0.4, 0.5) is 22.0 Å². The number of rotatable bonds is 5. The van der Waals surface area contributed by atoms with Crippen LogP contribution >= 0.6 is 12.4 Å². The van der Waals surface area contributed by atoms with Crippen molar-refractivity contribution in [1.29, 1.82) is 0 Å². The summed E-state index contributed by atoms with van der Waals surface area (Å²) in [6, 6.07) is 10.8. The van der Waals surface area contributed by atoms with Gasteiger partial charge < -0.3 is 9.72 Å². The van der Waals surface area contributed by atoms with E-state index in [2.05, 4.69) is 20.2 Å². The molecule has 4 aromatic rings. The van der Waals surface area contributed by atoms with Gasteiger partial charge in [0.2, 0.25) is 0 Å². The van der Waals surface area contributed by atoms with Gasteiger partial charge in [0.1, 0.15) is 5.75 Å². The average molecular weight is 459 g/mol. The number of ether oxygens (including phenoxy) is 1. The van der Waals surface area contributed by atoms with Crippen molar-refractivity contribution in [2.45, 2.75) is 25.6 Å². The maximum Gasteiger partial charge on any atom is 0.425 e. The number of hydrogen-bond acceptors (Lipinski definition) is 3. The summed E-state index contributed by atoms with van der Waals surface area (Å²) in [5.41, 5.74) is 3.12. The minimum absolute atomic E-state index is 0. The van der Waals surface area contributed by atoms with Gasteiger partial charge in [0.05, 0.1) is 34.3 Å². The number of benzene rings is 2. The lowest BCUT2D eigenvalue weighted by molar-refractivity contribution is -0.189. The molecule has 164 valence electrons. The molecule has 0 radical (unpaired) electrons. The number of nitrogens with one attached hydrogen (secondary N) is 2. The second kappa shape index (κ2) is 8.54. The molecule has 2 N–H and O–H groups in total. The summed E-state index contributed by atoms with van der Waals surface area (Å²) in [5.74, 6) is -0.515. The molecule has 0 fully saturated rings. The van der Waals surface area contributed by atoms with Crippen LogP contribution in [0.15, 0.2) is 48.8 Å². The summed E-state index contributed by atoms with van der Waals surface area (Å²) in [7, 11) is 0. The van der Waals surface area contributed by atoms with E-state index >= 15 is 0 Å². The maximum atomic E-state index is 13.5. The Morgan fingerprint density at radius 3 is 2.45 bits per heavy atom. The van der Waals surface area contributed by atoms with Gasteiger partial charge in [0, 0.05) is 11.1 Å². The summed E-state index contributed by atoms with van der Waals surface area (Å²) in [6.45, 7) is 0.764. The van der Waals surface area contributed by atoms with E-state index in [4.69, 9.17) is 4.74 Å². The summed E-state index contributed by atoms with van der Waals surface area (Å²) < 4.78 is 69.8. The number of H-pyrrole nitrogens is 2. The molecule has 2 heterocycles. The highest BCUT2D eigenvalue weighted by molar-refractivity contribution is 5.85. The van der Waals surface area contributed by atoms with E-state index in [1.807, 2.05) is 18.2 Å². The topological polar surface area (TPSA) is 66.6 Å². The van der Waals surface area contributed by atoms with Gasteiger partial charge in [-0.05, 0) is 43.3 Å². The lowest BCUT2D eigenvalue weighted by Crippen LogP contribution is -2.31. The zero-order valence-electron chi connectivity index (χ0n) is 15.9. The van der Waals surface area contributed by atoms with Gasteiger partial charge in [-0.3, -0.25) is 5.10 Å². The minimum Gasteiger partial charge on any atom is -0.481 e. The van der Waals surface area contributed by atoms with Crippen LogP contribution in [0.3, 0.4) is 0 Å². The van der Waals surface area contributed by atoms with Gasteiger partial charge in [-0.15, -0.1) is 12.4 Å². The molecule has 0 spiro atoms. The van der Waals surface area contributed by atoms with E-state index in [9.17, 15) is 22.0 Å². The average Bonchev–Trinajstić information content (AvgIpc) is 3.36. The van der Waals surface area contributed by atoms with E-state index in [1.165, 1.54) is 6.07 Å². The van der Waals surface area contributed by atoms with E-state index in [1.54, 1.807) is 12.4 Å². The second-order valence-electron chi connectivity index (χ2n) is 6.66. The highest BCUT2D eigenvalue weighted by Gasteiger charge is 2.38. The first-order valence-corrected chi connectivity index (χ1v) is 8.87. The Hall–Kier alpha value is -3.14. The maximum absolute atomic E-state index is 13.5. The van der Waals surface area contributed by atoms with Gasteiger partial charge in [-0.2, -0.15) is 18.3 Å². The third kappa shape index (κ3) is 4.63. The number of alkyl halides is 5. The van der Waals surface area contributed by atoms with E-state index in [0.717, 1.165) is 35.7 Å². The SMILES string of the molecule is CC(Oc1ccc(-c2cc(-c3ccc4nc[nH]c4c3)[nH]n2)cc1C(F)F)C(F)(F)F.Cl. The van der Waals surface area contributed by atoms with Crippen LogP contribution < -0.4 is 4.74 Å². The molecule has 0 aliphatic carbocycles. The van der Waals surface area contributed by atoms with Crippen molar-refractivity contribution in [3.05, 3.63) is 54.4 Å². The van der Waals surface area contributed by atoms with Crippen LogP contribution in [-0.2, 0) is 0 Å². The molecule has 0 bridgehead atoms. The standard InChI is InChI=1S/C20H15F5N4O.ClH/c1-10(20(23,24)25)30-18-5-3-11(6-13(18)19(21)22)15-8-16(29-28-15)12-2-4-14-17(7-12)27-9-26-14;/h2-10,19H,1H3,(H,26,27)(H,28,29);1H. The fourth-order valence-corrected chi connectivity index (χ4v) is 2.96. The third-order valence-electron chi connectivity index (χ3n) is 4.61. The van der Waals surface area contributed by atoms with Crippen LogP contribution in [0.2, 0.25) is 0 Å². The Labute approximate surface area is 179 Å². The molecule has 0 saturated carbocycles.